The zero-order chi connectivity index (χ0) is 26.8. The monoisotopic (exact) mass is 520 g/mol. The van der Waals surface area contributed by atoms with Crippen LogP contribution in [0, 0.1) is 10.1 Å². The quantitative estimate of drug-likeness (QED) is 0.198. The molecule has 1 fully saturated rings. The Kier molecular flexibility index (Phi) is 6.97. The van der Waals surface area contributed by atoms with Crippen molar-refractivity contribution in [3.8, 4) is 17.2 Å². The molecule has 0 unspecified atom stereocenters. The molecule has 5 rings (SSSR count). The fourth-order valence-corrected chi connectivity index (χ4v) is 4.70. The van der Waals surface area contributed by atoms with Gasteiger partial charge in [-0.1, -0.05) is 0 Å². The van der Waals surface area contributed by atoms with E-state index < -0.39 is 10.5 Å². The molecule has 0 atom stereocenters. The van der Waals surface area contributed by atoms with Gasteiger partial charge in [0.1, 0.15) is 12.1 Å². The molecule has 0 bridgehead atoms. The van der Waals surface area contributed by atoms with Crippen LogP contribution in [0.2, 0.25) is 0 Å². The Morgan fingerprint density at radius 3 is 2.53 bits per heavy atom. The third-order valence-corrected chi connectivity index (χ3v) is 6.72. The fourth-order valence-electron chi connectivity index (χ4n) is 4.70. The lowest BCUT2D eigenvalue weighted by atomic mass is 10.1. The zero-order valence-electron chi connectivity index (χ0n) is 21.4. The molecule has 0 saturated carbocycles. The molecule has 3 heterocycles. The number of likely N-dealkylation sites (tertiary alicyclic amines) is 1. The SMILES string of the molecule is COc1cc(Nc2ncc3c(n2)c2cc(OC)c([N+](=O)[O-])cc2c(=O)n3C)ccc1OCCN1CCCC1. The predicted octanol–water partition coefficient (Wildman–Crippen LogP) is 3.63. The number of pyridine rings is 1. The maximum Gasteiger partial charge on any atom is 0.311 e. The molecule has 0 radical (unpaired) electrons. The van der Waals surface area contributed by atoms with Gasteiger partial charge in [0.2, 0.25) is 5.95 Å². The number of aromatic nitrogens is 3. The second-order valence-electron chi connectivity index (χ2n) is 9.01. The summed E-state index contributed by atoms with van der Waals surface area (Å²) in [6.45, 7) is 3.67. The molecule has 1 N–H and O–H groups in total. The van der Waals surface area contributed by atoms with Crippen LogP contribution in [0.1, 0.15) is 12.8 Å². The minimum Gasteiger partial charge on any atom is -0.493 e. The van der Waals surface area contributed by atoms with Gasteiger partial charge in [-0.05, 0) is 44.1 Å². The molecular weight excluding hydrogens is 492 g/mol. The number of nitro groups is 1. The Bertz CT molecular complexity index is 1580. The highest BCUT2D eigenvalue weighted by molar-refractivity contribution is 6.05. The summed E-state index contributed by atoms with van der Waals surface area (Å²) in [7, 11) is 4.49. The average molecular weight is 521 g/mol. The first-order chi connectivity index (χ1) is 18.4. The van der Waals surface area contributed by atoms with E-state index >= 15 is 0 Å². The van der Waals surface area contributed by atoms with Gasteiger partial charge in [0.25, 0.3) is 5.56 Å². The first-order valence-electron chi connectivity index (χ1n) is 12.2. The Morgan fingerprint density at radius 1 is 1.05 bits per heavy atom. The Balaban J connectivity index is 1.46. The number of fused-ring (bicyclic) bond motifs is 3. The van der Waals surface area contributed by atoms with Gasteiger partial charge < -0.3 is 24.1 Å². The first kappa shape index (κ1) is 25.2. The van der Waals surface area contributed by atoms with Gasteiger partial charge in [-0.2, -0.15) is 0 Å². The average Bonchev–Trinajstić information content (AvgIpc) is 3.45. The number of aryl methyl sites for hydroxylation is 1. The van der Waals surface area contributed by atoms with Gasteiger partial charge in [0.05, 0.1) is 36.2 Å². The largest absolute Gasteiger partial charge is 0.493 e. The number of nitrogens with zero attached hydrogens (tertiary/aromatic N) is 5. The second kappa shape index (κ2) is 10.5. The van der Waals surface area contributed by atoms with E-state index in [9.17, 15) is 14.9 Å². The number of anilines is 2. The van der Waals surface area contributed by atoms with E-state index in [1.165, 1.54) is 42.8 Å². The van der Waals surface area contributed by atoms with Gasteiger partial charge in [-0.25, -0.2) is 9.97 Å². The van der Waals surface area contributed by atoms with Crippen LogP contribution in [0.25, 0.3) is 21.8 Å². The maximum atomic E-state index is 12.9. The van der Waals surface area contributed by atoms with Gasteiger partial charge >= 0.3 is 5.69 Å². The first-order valence-corrected chi connectivity index (χ1v) is 12.2. The molecule has 2 aromatic carbocycles. The summed E-state index contributed by atoms with van der Waals surface area (Å²) in [6, 6.07) is 8.15. The Hall–Kier alpha value is -4.45. The van der Waals surface area contributed by atoms with Crippen molar-refractivity contribution in [3.63, 3.8) is 0 Å². The lowest BCUT2D eigenvalue weighted by Crippen LogP contribution is -2.25. The van der Waals surface area contributed by atoms with Crippen LogP contribution in [0.5, 0.6) is 17.2 Å². The number of hydrogen-bond acceptors (Lipinski definition) is 10. The van der Waals surface area contributed by atoms with Crippen molar-refractivity contribution in [2.24, 2.45) is 7.05 Å². The van der Waals surface area contributed by atoms with E-state index in [1.807, 2.05) is 12.1 Å². The van der Waals surface area contributed by atoms with E-state index in [-0.39, 0.29) is 22.8 Å². The van der Waals surface area contributed by atoms with E-state index in [1.54, 1.807) is 20.2 Å². The summed E-state index contributed by atoms with van der Waals surface area (Å²) < 4.78 is 18.1. The second-order valence-corrected chi connectivity index (χ2v) is 9.01. The fraction of sp³-hybridized carbons (Fsp3) is 0.346. The van der Waals surface area contributed by atoms with Crippen LogP contribution in [-0.2, 0) is 7.05 Å². The molecule has 0 amide bonds. The third-order valence-electron chi connectivity index (χ3n) is 6.72. The van der Waals surface area contributed by atoms with Crippen molar-refractivity contribution in [1.82, 2.24) is 19.4 Å². The number of rotatable bonds is 9. The summed E-state index contributed by atoms with van der Waals surface area (Å²) in [5, 5.41) is 15.2. The molecule has 4 aromatic rings. The topological polar surface area (TPSA) is 134 Å². The van der Waals surface area contributed by atoms with Crippen molar-refractivity contribution in [1.29, 1.82) is 0 Å². The van der Waals surface area contributed by atoms with E-state index in [0.717, 1.165) is 19.6 Å². The predicted molar refractivity (Wildman–Crippen MR) is 143 cm³/mol. The van der Waals surface area contributed by atoms with E-state index in [0.29, 0.717) is 40.2 Å². The third kappa shape index (κ3) is 4.77. The lowest BCUT2D eigenvalue weighted by molar-refractivity contribution is -0.385. The van der Waals surface area contributed by atoms with Crippen LogP contribution in [0.3, 0.4) is 0 Å². The molecule has 38 heavy (non-hydrogen) atoms. The molecule has 1 aliphatic heterocycles. The van der Waals surface area contributed by atoms with Crippen molar-refractivity contribution in [2.75, 3.05) is 45.8 Å². The molecule has 1 saturated heterocycles. The van der Waals surface area contributed by atoms with Gasteiger partial charge in [0, 0.05) is 36.8 Å². The molecule has 198 valence electrons. The van der Waals surface area contributed by atoms with Crippen LogP contribution >= 0.6 is 0 Å². The van der Waals surface area contributed by atoms with E-state index in [2.05, 4.69) is 20.2 Å². The van der Waals surface area contributed by atoms with Gasteiger partial charge in [-0.3, -0.25) is 19.8 Å². The van der Waals surface area contributed by atoms with Crippen LogP contribution in [0.15, 0.2) is 41.3 Å². The summed E-state index contributed by atoms with van der Waals surface area (Å²) in [5.41, 5.74) is 0.909. The number of nitrogens with one attached hydrogen (secondary N) is 1. The molecule has 0 aliphatic carbocycles. The summed E-state index contributed by atoms with van der Waals surface area (Å²) >= 11 is 0. The molecule has 12 heteroatoms. The molecule has 1 aliphatic rings. The number of hydrogen-bond donors (Lipinski definition) is 1. The molecule has 0 spiro atoms. The minimum absolute atomic E-state index is 0.0373. The smallest absolute Gasteiger partial charge is 0.311 e. The molecule has 12 nitrogen and oxygen atoms in total. The molecule has 2 aromatic heterocycles. The normalized spacial score (nSPS) is 13.7. The summed E-state index contributed by atoms with van der Waals surface area (Å²) in [5.74, 6) is 1.53. The number of nitro benzene ring substituents is 1. The Labute approximate surface area is 217 Å². The molecular formula is C26H28N6O6. The number of methoxy groups -OCH3 is 2. The summed E-state index contributed by atoms with van der Waals surface area (Å²) in [6.07, 6.45) is 4.01. The highest BCUT2D eigenvalue weighted by Gasteiger charge is 2.21. The van der Waals surface area contributed by atoms with E-state index in [4.69, 9.17) is 14.2 Å². The highest BCUT2D eigenvalue weighted by atomic mass is 16.6. The maximum absolute atomic E-state index is 12.9. The van der Waals surface area contributed by atoms with Crippen molar-refractivity contribution in [2.45, 2.75) is 12.8 Å². The van der Waals surface area contributed by atoms with Crippen LogP contribution in [-0.4, -0.2) is 64.8 Å². The summed E-state index contributed by atoms with van der Waals surface area (Å²) in [4.78, 5) is 35.3. The van der Waals surface area contributed by atoms with Crippen LogP contribution in [0.4, 0.5) is 17.3 Å². The Morgan fingerprint density at radius 2 is 1.82 bits per heavy atom. The van der Waals surface area contributed by atoms with Gasteiger partial charge in [0.15, 0.2) is 17.2 Å². The number of benzene rings is 2. The van der Waals surface area contributed by atoms with Crippen molar-refractivity contribution >= 4 is 39.1 Å². The lowest BCUT2D eigenvalue weighted by Gasteiger charge is -2.17. The van der Waals surface area contributed by atoms with Crippen LogP contribution < -0.4 is 25.1 Å². The standard InChI is InChI=1S/C26H28N6O6/c1-30-20-15-27-26(29-24(20)17-14-22(36-2)19(32(34)35)13-18(17)25(30)33)28-16-6-7-21(23(12-16)37-3)38-11-10-31-8-4-5-9-31/h6-7,12-15H,4-5,8-11H2,1-3H3,(H,27,28,29). The zero-order valence-corrected chi connectivity index (χ0v) is 21.4. The van der Waals surface area contributed by atoms with Crippen molar-refractivity contribution in [3.05, 3.63) is 57.0 Å². The van der Waals surface area contributed by atoms with Crippen molar-refractivity contribution < 1.29 is 19.1 Å². The van der Waals surface area contributed by atoms with Gasteiger partial charge in [-0.15, -0.1) is 0 Å². The minimum atomic E-state index is -0.581. The number of ether oxygens (including phenoxy) is 3. The highest BCUT2D eigenvalue weighted by Crippen LogP contribution is 2.34.